The van der Waals surface area contributed by atoms with E-state index in [0.29, 0.717) is 42.1 Å². The molecule has 0 spiro atoms. The van der Waals surface area contributed by atoms with Gasteiger partial charge in [0.2, 0.25) is 5.89 Å². The maximum Gasteiger partial charge on any atom is 0.228 e. The van der Waals surface area contributed by atoms with Gasteiger partial charge in [0.15, 0.2) is 21.6 Å². The molecule has 0 bridgehead atoms. The first-order valence-electron chi connectivity index (χ1n) is 8.40. The molecule has 9 heteroatoms. The van der Waals surface area contributed by atoms with E-state index in [1.807, 2.05) is 13.0 Å². The second-order valence-corrected chi connectivity index (χ2v) is 7.96. The van der Waals surface area contributed by atoms with E-state index in [4.69, 9.17) is 4.52 Å². The van der Waals surface area contributed by atoms with E-state index in [-0.39, 0.29) is 0 Å². The van der Waals surface area contributed by atoms with Gasteiger partial charge in [0.1, 0.15) is 0 Å². The highest BCUT2D eigenvalue weighted by Crippen LogP contribution is 2.17. The molecule has 2 N–H and O–H groups in total. The minimum atomic E-state index is -3.21. The third kappa shape index (κ3) is 5.83. The van der Waals surface area contributed by atoms with Gasteiger partial charge in [0, 0.05) is 25.8 Å². The van der Waals surface area contributed by atoms with Gasteiger partial charge >= 0.3 is 0 Å². The Labute approximate surface area is 154 Å². The fourth-order valence-electron chi connectivity index (χ4n) is 2.47. The monoisotopic (exact) mass is 379 g/mol. The van der Waals surface area contributed by atoms with Crippen molar-refractivity contribution in [2.24, 2.45) is 4.99 Å². The molecule has 0 fully saturated rings. The van der Waals surface area contributed by atoms with E-state index in [0.717, 1.165) is 17.7 Å². The van der Waals surface area contributed by atoms with E-state index < -0.39 is 9.84 Å². The van der Waals surface area contributed by atoms with Gasteiger partial charge in [-0.2, -0.15) is 4.98 Å². The molecular formula is C17H25N5O3S. The predicted octanol–water partition coefficient (Wildman–Crippen LogP) is 1.39. The summed E-state index contributed by atoms with van der Waals surface area (Å²) in [6.45, 7) is 7.35. The lowest BCUT2D eigenvalue weighted by molar-refractivity contribution is 0.374. The van der Waals surface area contributed by atoms with E-state index >= 15 is 0 Å². The van der Waals surface area contributed by atoms with E-state index in [2.05, 4.69) is 25.8 Å². The Morgan fingerprint density at radius 3 is 2.62 bits per heavy atom. The van der Waals surface area contributed by atoms with Crippen molar-refractivity contribution in [3.63, 3.8) is 0 Å². The first-order valence-corrected chi connectivity index (χ1v) is 10.3. The topological polar surface area (TPSA) is 109 Å². The molecule has 0 atom stereocenters. The van der Waals surface area contributed by atoms with Crippen LogP contribution >= 0.6 is 0 Å². The fraction of sp³-hybridized carbons (Fsp3) is 0.471. The number of guanidine groups is 1. The van der Waals surface area contributed by atoms with Crippen LogP contribution in [0.5, 0.6) is 0 Å². The number of benzene rings is 1. The summed E-state index contributed by atoms with van der Waals surface area (Å²) < 4.78 is 28.5. The van der Waals surface area contributed by atoms with Crippen molar-refractivity contribution in [1.82, 2.24) is 20.8 Å². The van der Waals surface area contributed by atoms with E-state index in [9.17, 15) is 8.42 Å². The van der Waals surface area contributed by atoms with Crippen LogP contribution in [0.25, 0.3) is 0 Å². The molecule has 0 amide bonds. The first-order chi connectivity index (χ1) is 12.3. The van der Waals surface area contributed by atoms with Crippen LogP contribution in [0.15, 0.2) is 32.6 Å². The normalized spacial score (nSPS) is 12.2. The molecule has 0 saturated carbocycles. The standard InChI is InChI=1S/C17H25N5O3S/c1-5-18-17(19-9-8-16-21-13(3)22-25-16)20-11-14-6-7-15(12(2)10-14)26(4,23)24/h6-7,10H,5,8-9,11H2,1-4H3,(H2,18,19,20). The van der Waals surface area contributed by atoms with Crippen LogP contribution in [-0.4, -0.2) is 43.9 Å². The predicted molar refractivity (Wildman–Crippen MR) is 99.8 cm³/mol. The lowest BCUT2D eigenvalue weighted by Gasteiger charge is -2.11. The Kier molecular flexibility index (Phi) is 6.73. The molecule has 26 heavy (non-hydrogen) atoms. The van der Waals surface area contributed by atoms with Crippen LogP contribution in [0.4, 0.5) is 0 Å². The highest BCUT2D eigenvalue weighted by Gasteiger charge is 2.10. The molecular weight excluding hydrogens is 354 g/mol. The molecule has 2 rings (SSSR count). The molecule has 0 unspecified atom stereocenters. The second-order valence-electron chi connectivity index (χ2n) is 5.98. The molecule has 2 aromatic rings. The number of rotatable bonds is 7. The van der Waals surface area contributed by atoms with Crippen molar-refractivity contribution in [2.45, 2.75) is 38.6 Å². The summed E-state index contributed by atoms with van der Waals surface area (Å²) in [6.07, 6.45) is 1.82. The van der Waals surface area contributed by atoms with Crippen LogP contribution in [0, 0.1) is 13.8 Å². The maximum atomic E-state index is 11.7. The zero-order chi connectivity index (χ0) is 19.2. The second kappa shape index (κ2) is 8.79. The number of aromatic nitrogens is 2. The smallest absolute Gasteiger partial charge is 0.228 e. The highest BCUT2D eigenvalue weighted by molar-refractivity contribution is 7.90. The van der Waals surface area contributed by atoms with Crippen LogP contribution in [0.1, 0.15) is 29.8 Å². The number of hydrogen-bond acceptors (Lipinski definition) is 6. The summed E-state index contributed by atoms with van der Waals surface area (Å²) in [5, 5.41) is 10.1. The summed E-state index contributed by atoms with van der Waals surface area (Å²) in [7, 11) is -3.21. The van der Waals surface area contributed by atoms with Gasteiger partial charge in [-0.25, -0.2) is 13.4 Å². The number of aliphatic imine (C=N–C) groups is 1. The van der Waals surface area contributed by atoms with Crippen molar-refractivity contribution in [1.29, 1.82) is 0 Å². The highest BCUT2D eigenvalue weighted by atomic mass is 32.2. The van der Waals surface area contributed by atoms with Gasteiger partial charge in [-0.1, -0.05) is 17.3 Å². The van der Waals surface area contributed by atoms with Gasteiger partial charge in [0.05, 0.1) is 11.4 Å². The Balaban J connectivity index is 1.98. The van der Waals surface area contributed by atoms with Crippen molar-refractivity contribution in [3.8, 4) is 0 Å². The van der Waals surface area contributed by atoms with Crippen molar-refractivity contribution in [3.05, 3.63) is 41.0 Å². The zero-order valence-electron chi connectivity index (χ0n) is 15.5. The molecule has 0 aliphatic rings. The molecule has 0 radical (unpaired) electrons. The number of hydrogen-bond donors (Lipinski definition) is 2. The third-order valence-corrected chi connectivity index (χ3v) is 4.86. The molecule has 142 valence electrons. The fourth-order valence-corrected chi connectivity index (χ4v) is 3.43. The van der Waals surface area contributed by atoms with Crippen molar-refractivity contribution in [2.75, 3.05) is 19.3 Å². The SMILES string of the molecule is CCNC(=NCc1ccc(S(C)(=O)=O)c(C)c1)NCCc1nc(C)no1. The third-order valence-electron chi connectivity index (χ3n) is 3.60. The van der Waals surface area contributed by atoms with Crippen LogP contribution in [0.2, 0.25) is 0 Å². The Hall–Kier alpha value is -2.42. The van der Waals surface area contributed by atoms with E-state index in [1.54, 1.807) is 26.0 Å². The quantitative estimate of drug-likeness (QED) is 0.552. The Morgan fingerprint density at radius 1 is 1.27 bits per heavy atom. The van der Waals surface area contributed by atoms with Crippen LogP contribution in [0.3, 0.4) is 0 Å². The molecule has 8 nitrogen and oxygen atoms in total. The molecule has 0 aliphatic heterocycles. The van der Waals surface area contributed by atoms with E-state index in [1.165, 1.54) is 6.26 Å². The molecule has 1 aromatic carbocycles. The van der Waals surface area contributed by atoms with Gasteiger partial charge in [-0.3, -0.25) is 0 Å². The van der Waals surface area contributed by atoms with Gasteiger partial charge in [-0.05, 0) is 38.0 Å². The molecule has 0 saturated heterocycles. The summed E-state index contributed by atoms with van der Waals surface area (Å²) >= 11 is 0. The Morgan fingerprint density at radius 2 is 2.04 bits per heavy atom. The maximum absolute atomic E-state index is 11.7. The molecule has 1 heterocycles. The largest absolute Gasteiger partial charge is 0.357 e. The lowest BCUT2D eigenvalue weighted by atomic mass is 10.1. The summed E-state index contributed by atoms with van der Waals surface area (Å²) in [4.78, 5) is 9.04. The van der Waals surface area contributed by atoms with Crippen molar-refractivity contribution >= 4 is 15.8 Å². The van der Waals surface area contributed by atoms with Gasteiger partial charge in [-0.15, -0.1) is 0 Å². The summed E-state index contributed by atoms with van der Waals surface area (Å²) in [5.74, 6) is 1.87. The zero-order valence-corrected chi connectivity index (χ0v) is 16.4. The lowest BCUT2D eigenvalue weighted by Crippen LogP contribution is -2.38. The minimum absolute atomic E-state index is 0.352. The number of nitrogens with zero attached hydrogens (tertiary/aromatic N) is 3. The van der Waals surface area contributed by atoms with Gasteiger partial charge < -0.3 is 15.2 Å². The average molecular weight is 379 g/mol. The first kappa shape index (κ1) is 19.9. The average Bonchev–Trinajstić information content (AvgIpc) is 2.97. The van der Waals surface area contributed by atoms with Gasteiger partial charge in [0.25, 0.3) is 0 Å². The molecule has 0 aliphatic carbocycles. The van der Waals surface area contributed by atoms with Crippen LogP contribution < -0.4 is 10.6 Å². The van der Waals surface area contributed by atoms with Crippen molar-refractivity contribution < 1.29 is 12.9 Å². The molecule has 1 aromatic heterocycles. The number of sulfone groups is 1. The number of aryl methyl sites for hydroxylation is 2. The Bertz CT molecular complexity index is 874. The number of nitrogens with one attached hydrogen (secondary N) is 2. The van der Waals surface area contributed by atoms with Crippen LogP contribution in [-0.2, 0) is 22.8 Å². The summed E-state index contributed by atoms with van der Waals surface area (Å²) in [5.41, 5.74) is 1.67. The summed E-state index contributed by atoms with van der Waals surface area (Å²) in [6, 6.07) is 5.27. The minimum Gasteiger partial charge on any atom is -0.357 e.